The zero-order valence-electron chi connectivity index (χ0n) is 21.0. The third-order valence-corrected chi connectivity index (χ3v) is 6.03. The van der Waals surface area contributed by atoms with Gasteiger partial charge in [0.1, 0.15) is 5.69 Å². The molecule has 2 aromatic heterocycles. The highest BCUT2D eigenvalue weighted by atomic mass is 19.4. The van der Waals surface area contributed by atoms with Crippen LogP contribution in [0.15, 0.2) is 70.5 Å². The number of halogens is 6. The van der Waals surface area contributed by atoms with Crippen molar-refractivity contribution in [2.75, 3.05) is 0 Å². The topological polar surface area (TPSA) is 105 Å². The highest BCUT2D eigenvalue weighted by Crippen LogP contribution is 2.30. The summed E-state index contributed by atoms with van der Waals surface area (Å²) in [4.78, 5) is 37.8. The predicted molar refractivity (Wildman–Crippen MR) is 135 cm³/mol. The second kappa shape index (κ2) is 10.9. The average Bonchev–Trinajstić information content (AvgIpc) is 3.31. The van der Waals surface area contributed by atoms with Crippen LogP contribution in [0, 0.1) is 10.1 Å². The molecular weight excluding hydrogens is 560 g/mol. The maximum atomic E-state index is 13.6. The number of aromatic nitrogens is 4. The highest BCUT2D eigenvalue weighted by molar-refractivity contribution is 5.71. The number of benzene rings is 2. The van der Waals surface area contributed by atoms with Gasteiger partial charge in [0, 0.05) is 18.8 Å². The highest BCUT2D eigenvalue weighted by Gasteiger charge is 2.31. The summed E-state index contributed by atoms with van der Waals surface area (Å²) in [5.74, 6) is 0. The molecule has 214 valence electrons. The van der Waals surface area contributed by atoms with Crippen LogP contribution >= 0.6 is 0 Å². The summed E-state index contributed by atoms with van der Waals surface area (Å²) in [6.07, 6.45) is -3.80. The zero-order chi connectivity index (χ0) is 30.1. The van der Waals surface area contributed by atoms with Crippen LogP contribution in [0.4, 0.5) is 32.0 Å². The van der Waals surface area contributed by atoms with Gasteiger partial charge >= 0.3 is 29.3 Å². The molecule has 0 saturated heterocycles. The molecule has 0 aliphatic heterocycles. The largest absolute Gasteiger partial charge is 0.416 e. The van der Waals surface area contributed by atoms with Gasteiger partial charge in [-0.15, -0.1) is 0 Å². The number of hydrogen-bond donors (Lipinski definition) is 0. The van der Waals surface area contributed by atoms with Crippen LogP contribution in [0.1, 0.15) is 33.5 Å². The van der Waals surface area contributed by atoms with Crippen LogP contribution in [0.25, 0.3) is 12.2 Å². The number of rotatable bonds is 7. The van der Waals surface area contributed by atoms with Crippen molar-refractivity contribution in [1.29, 1.82) is 0 Å². The molecule has 0 amide bonds. The third kappa shape index (κ3) is 6.45. The van der Waals surface area contributed by atoms with Crippen LogP contribution in [0.5, 0.6) is 0 Å². The van der Waals surface area contributed by atoms with E-state index in [1.807, 2.05) is 0 Å². The van der Waals surface area contributed by atoms with Crippen molar-refractivity contribution in [2.24, 2.45) is 7.05 Å². The smallest absolute Gasteiger partial charge is 0.283 e. The first kappa shape index (κ1) is 29.0. The molecule has 41 heavy (non-hydrogen) atoms. The molecule has 0 fully saturated rings. The van der Waals surface area contributed by atoms with Crippen molar-refractivity contribution in [3.63, 3.8) is 0 Å². The Balaban J connectivity index is 1.88. The van der Waals surface area contributed by atoms with Crippen molar-refractivity contribution < 1.29 is 31.3 Å². The van der Waals surface area contributed by atoms with E-state index in [0.29, 0.717) is 10.1 Å². The lowest BCUT2D eigenvalue weighted by Crippen LogP contribution is -2.42. The van der Waals surface area contributed by atoms with Gasteiger partial charge in [-0.3, -0.25) is 24.2 Å². The number of nitro groups is 1. The Morgan fingerprint density at radius 3 is 1.73 bits per heavy atom. The van der Waals surface area contributed by atoms with Crippen LogP contribution in [0.2, 0.25) is 0 Å². The summed E-state index contributed by atoms with van der Waals surface area (Å²) >= 11 is 0. The van der Waals surface area contributed by atoms with E-state index < -0.39 is 64.1 Å². The summed E-state index contributed by atoms with van der Waals surface area (Å²) in [5, 5.41) is 16.0. The maximum absolute atomic E-state index is 13.6. The molecule has 0 atom stereocenters. The van der Waals surface area contributed by atoms with E-state index in [1.54, 1.807) is 13.2 Å². The van der Waals surface area contributed by atoms with E-state index in [4.69, 9.17) is 0 Å². The molecule has 2 aromatic carbocycles. The second-order valence-corrected chi connectivity index (χ2v) is 8.92. The summed E-state index contributed by atoms with van der Waals surface area (Å²) in [7, 11) is 1.61. The van der Waals surface area contributed by atoms with Crippen molar-refractivity contribution >= 4 is 17.8 Å². The Bertz CT molecular complexity index is 1730. The van der Waals surface area contributed by atoms with Gasteiger partial charge in [0.2, 0.25) is 0 Å². The van der Waals surface area contributed by atoms with Crippen LogP contribution in [-0.4, -0.2) is 23.8 Å². The van der Waals surface area contributed by atoms with E-state index >= 15 is 0 Å². The maximum Gasteiger partial charge on any atom is 0.416 e. The molecule has 0 unspecified atom stereocenters. The fourth-order valence-electron chi connectivity index (χ4n) is 4.00. The van der Waals surface area contributed by atoms with Gasteiger partial charge < -0.3 is 0 Å². The Labute approximate surface area is 226 Å². The fraction of sp³-hybridized carbons (Fsp3) is 0.192. The molecular formula is C26H19F6N5O4. The number of aryl methyl sites for hydroxylation is 1. The van der Waals surface area contributed by atoms with Gasteiger partial charge in [-0.1, -0.05) is 24.3 Å². The molecule has 4 aromatic rings. The molecule has 9 nitrogen and oxygen atoms in total. The number of nitrogens with zero attached hydrogens (tertiary/aromatic N) is 5. The number of hydrogen-bond acceptors (Lipinski definition) is 5. The minimum Gasteiger partial charge on any atom is -0.283 e. The third-order valence-electron chi connectivity index (χ3n) is 6.03. The van der Waals surface area contributed by atoms with Crippen LogP contribution in [0.3, 0.4) is 0 Å². The Morgan fingerprint density at radius 2 is 1.32 bits per heavy atom. The molecule has 0 saturated carbocycles. The summed E-state index contributed by atoms with van der Waals surface area (Å²) < 4.78 is 80.7. The molecule has 4 rings (SSSR count). The van der Waals surface area contributed by atoms with Crippen LogP contribution in [-0.2, 0) is 32.5 Å². The zero-order valence-corrected chi connectivity index (χ0v) is 21.0. The molecule has 15 heteroatoms. The van der Waals surface area contributed by atoms with Crippen molar-refractivity contribution in [3.05, 3.63) is 125 Å². The fourth-order valence-corrected chi connectivity index (χ4v) is 4.00. The molecule has 0 spiro atoms. The first-order valence-electron chi connectivity index (χ1n) is 11.7. The molecule has 0 bridgehead atoms. The van der Waals surface area contributed by atoms with E-state index in [9.17, 15) is 46.0 Å². The predicted octanol–water partition coefficient (Wildman–Crippen LogP) is 4.96. The average molecular weight is 579 g/mol. The van der Waals surface area contributed by atoms with E-state index in [2.05, 4.69) is 5.10 Å². The minimum absolute atomic E-state index is 0.0752. The Morgan fingerprint density at radius 1 is 0.829 bits per heavy atom. The minimum atomic E-state index is -4.63. The van der Waals surface area contributed by atoms with Crippen molar-refractivity contribution in [2.45, 2.75) is 25.4 Å². The normalized spacial score (nSPS) is 12.3. The monoisotopic (exact) mass is 579 g/mol. The Kier molecular flexibility index (Phi) is 7.72. The number of alkyl halides is 6. The quantitative estimate of drug-likeness (QED) is 0.175. The Hall–Kier alpha value is -4.95. The first-order valence-corrected chi connectivity index (χ1v) is 11.7. The van der Waals surface area contributed by atoms with Gasteiger partial charge in [0.15, 0.2) is 0 Å². The molecule has 0 aliphatic rings. The van der Waals surface area contributed by atoms with Gasteiger partial charge in [0.25, 0.3) is 0 Å². The lowest BCUT2D eigenvalue weighted by Gasteiger charge is -2.15. The van der Waals surface area contributed by atoms with Gasteiger partial charge in [-0.05, 0) is 47.5 Å². The molecule has 2 heterocycles. The molecule has 0 N–H and O–H groups in total. The van der Waals surface area contributed by atoms with Gasteiger partial charge in [-0.2, -0.15) is 31.4 Å². The van der Waals surface area contributed by atoms with E-state index in [0.717, 1.165) is 59.2 Å². The summed E-state index contributed by atoms with van der Waals surface area (Å²) in [5.41, 5.74) is -5.05. The van der Waals surface area contributed by atoms with Gasteiger partial charge in [0.05, 0.1) is 35.3 Å². The second-order valence-electron chi connectivity index (χ2n) is 8.92. The first-order chi connectivity index (χ1) is 19.1. The standard InChI is InChI=1S/C26H19F6N5O4/c1-34-13-18(12-33-34)6-11-21-22(37(40)41)23(38)36(15-17-4-9-20(10-5-17)26(30,31)32)24(39)35(21)14-16-2-7-19(8-3-16)25(27,28)29/h2-13H,14-15H2,1H3. The van der Waals surface area contributed by atoms with Gasteiger partial charge in [-0.25, -0.2) is 9.36 Å². The lowest BCUT2D eigenvalue weighted by molar-refractivity contribution is -0.387. The summed E-state index contributed by atoms with van der Waals surface area (Å²) in [6.45, 7) is -1.06. The SMILES string of the molecule is Cn1cc(C=Cc2c([N+](=O)[O-])c(=O)n(Cc3ccc(C(F)(F)F)cc3)c(=O)n2Cc2ccc(C(F)(F)F)cc2)cn1. The lowest BCUT2D eigenvalue weighted by atomic mass is 10.1. The summed E-state index contributed by atoms with van der Waals surface area (Å²) in [6, 6.07) is 7.24. The van der Waals surface area contributed by atoms with Crippen molar-refractivity contribution in [3.8, 4) is 0 Å². The van der Waals surface area contributed by atoms with E-state index in [1.165, 1.54) is 17.0 Å². The molecule has 0 radical (unpaired) electrons. The van der Waals surface area contributed by atoms with E-state index in [-0.39, 0.29) is 11.1 Å². The van der Waals surface area contributed by atoms with Crippen LogP contribution < -0.4 is 11.2 Å². The molecule has 0 aliphatic carbocycles. The van der Waals surface area contributed by atoms with Crippen molar-refractivity contribution in [1.82, 2.24) is 18.9 Å².